The molecule has 0 radical (unpaired) electrons. The number of hydrogen-bond acceptors (Lipinski definition) is 2. The van der Waals surface area contributed by atoms with Crippen LogP contribution in [0.5, 0.6) is 5.75 Å². The highest BCUT2D eigenvalue weighted by Crippen LogP contribution is 2.32. The quantitative estimate of drug-likeness (QED) is 0.373. The molecule has 6 heteroatoms. The molecule has 0 aliphatic heterocycles. The Balaban J connectivity index is 1.85. The Morgan fingerprint density at radius 3 is 2.12 bits per heavy atom. The van der Waals surface area contributed by atoms with E-state index in [1.807, 2.05) is 55.5 Å². The largest absolute Gasteiger partial charge is 0.497 e. The number of methoxy groups -OCH3 is 1. The van der Waals surface area contributed by atoms with Crippen LogP contribution in [0.1, 0.15) is 37.3 Å². The number of ether oxygens (including phenoxy) is 1. The second kappa shape index (κ2) is 10.4. The van der Waals surface area contributed by atoms with Crippen LogP contribution in [0.25, 0.3) is 11.1 Å². The van der Waals surface area contributed by atoms with Crippen molar-refractivity contribution in [2.75, 3.05) is 12.0 Å². The molecule has 0 saturated carbocycles. The molecule has 0 aromatic heterocycles. The number of alkyl halides is 3. The van der Waals surface area contributed by atoms with Gasteiger partial charge in [0.15, 0.2) is 0 Å². The molecular formula is C26H26F3NO2. The lowest BCUT2D eigenvalue weighted by Crippen LogP contribution is -2.30. The highest BCUT2D eigenvalue weighted by atomic mass is 19.4. The Bertz CT molecular complexity index is 1030. The highest BCUT2D eigenvalue weighted by molar-refractivity contribution is 5.93. The zero-order valence-corrected chi connectivity index (χ0v) is 18.2. The van der Waals surface area contributed by atoms with Crippen molar-refractivity contribution in [1.29, 1.82) is 0 Å². The van der Waals surface area contributed by atoms with Crippen molar-refractivity contribution >= 4 is 11.6 Å². The van der Waals surface area contributed by atoms with E-state index in [0.717, 1.165) is 41.0 Å². The normalized spacial score (nSPS) is 11.3. The Hall–Kier alpha value is -3.28. The highest BCUT2D eigenvalue weighted by Gasteiger charge is 2.31. The van der Waals surface area contributed by atoms with Gasteiger partial charge < -0.3 is 9.64 Å². The summed E-state index contributed by atoms with van der Waals surface area (Å²) in [6.45, 7) is 2.17. The van der Waals surface area contributed by atoms with Crippen molar-refractivity contribution in [1.82, 2.24) is 0 Å². The first-order valence-corrected chi connectivity index (χ1v) is 10.5. The molecule has 0 aliphatic carbocycles. The minimum absolute atomic E-state index is 0.189. The first-order valence-electron chi connectivity index (χ1n) is 10.5. The van der Waals surface area contributed by atoms with Gasteiger partial charge in [0.1, 0.15) is 5.75 Å². The van der Waals surface area contributed by atoms with Crippen LogP contribution < -0.4 is 9.64 Å². The first kappa shape index (κ1) is 23.4. The van der Waals surface area contributed by atoms with Gasteiger partial charge >= 0.3 is 6.18 Å². The fraction of sp³-hybridized carbons (Fsp3) is 0.269. The number of carbonyl (C=O) groups is 1. The number of carbonyl (C=O) groups excluding carboxylic acids is 1. The summed E-state index contributed by atoms with van der Waals surface area (Å²) in [4.78, 5) is 14.3. The first-order chi connectivity index (χ1) is 15.3. The molecule has 1 amide bonds. The summed E-state index contributed by atoms with van der Waals surface area (Å²) in [5, 5.41) is 0. The summed E-state index contributed by atoms with van der Waals surface area (Å²) < 4.78 is 44.8. The molecule has 0 unspecified atom stereocenters. The van der Waals surface area contributed by atoms with Crippen LogP contribution >= 0.6 is 0 Å². The van der Waals surface area contributed by atoms with Crippen LogP contribution in [0.15, 0.2) is 72.8 Å². The molecule has 0 aliphatic rings. The van der Waals surface area contributed by atoms with E-state index < -0.39 is 11.7 Å². The zero-order chi connectivity index (χ0) is 23.1. The third kappa shape index (κ3) is 5.90. The molecule has 168 valence electrons. The molecule has 0 bridgehead atoms. The topological polar surface area (TPSA) is 29.5 Å². The maximum absolute atomic E-state index is 13.2. The van der Waals surface area contributed by atoms with Crippen LogP contribution in [0.2, 0.25) is 0 Å². The Morgan fingerprint density at radius 2 is 1.56 bits per heavy atom. The number of hydrogen-bond donors (Lipinski definition) is 0. The van der Waals surface area contributed by atoms with Gasteiger partial charge in [-0.05, 0) is 53.4 Å². The number of halogens is 3. The van der Waals surface area contributed by atoms with Gasteiger partial charge in [-0.1, -0.05) is 55.8 Å². The lowest BCUT2D eigenvalue weighted by atomic mass is 10.0. The number of rotatable bonds is 8. The maximum Gasteiger partial charge on any atom is 0.416 e. The van der Waals surface area contributed by atoms with Crippen molar-refractivity contribution < 1.29 is 22.7 Å². The summed E-state index contributed by atoms with van der Waals surface area (Å²) in [5.74, 6) is 0.582. The Labute approximate surface area is 186 Å². The molecule has 3 rings (SSSR count). The molecule has 0 spiro atoms. The number of benzene rings is 3. The molecule has 0 N–H and O–H groups in total. The molecule has 3 aromatic rings. The van der Waals surface area contributed by atoms with Crippen molar-refractivity contribution in [2.45, 2.75) is 38.9 Å². The second-order valence-corrected chi connectivity index (χ2v) is 7.56. The molecule has 0 heterocycles. The predicted molar refractivity (Wildman–Crippen MR) is 121 cm³/mol. The zero-order valence-electron chi connectivity index (χ0n) is 18.2. The maximum atomic E-state index is 13.2. The fourth-order valence-electron chi connectivity index (χ4n) is 3.41. The molecule has 0 atom stereocenters. The summed E-state index contributed by atoms with van der Waals surface area (Å²) in [5.41, 5.74) is 2.34. The fourth-order valence-corrected chi connectivity index (χ4v) is 3.41. The molecular weight excluding hydrogens is 415 g/mol. The number of nitrogens with zero attached hydrogens (tertiary/aromatic N) is 1. The number of amides is 1. The Kier molecular flexibility index (Phi) is 7.57. The van der Waals surface area contributed by atoms with E-state index in [4.69, 9.17) is 4.74 Å². The minimum atomic E-state index is -4.46. The third-order valence-electron chi connectivity index (χ3n) is 5.25. The number of anilines is 1. The molecule has 32 heavy (non-hydrogen) atoms. The van der Waals surface area contributed by atoms with E-state index in [1.54, 1.807) is 13.2 Å². The van der Waals surface area contributed by atoms with Crippen molar-refractivity contribution in [3.8, 4) is 16.9 Å². The SMILES string of the molecule is CCCCC(=O)N(Cc1ccc(-c2ccc(OC)cc2)cc1)c1cccc(C(F)(F)F)c1. The molecule has 0 saturated heterocycles. The summed E-state index contributed by atoms with van der Waals surface area (Å²) in [6, 6.07) is 20.3. The van der Waals surface area contributed by atoms with Gasteiger partial charge in [-0.2, -0.15) is 13.2 Å². The smallest absolute Gasteiger partial charge is 0.416 e. The molecule has 0 fully saturated rings. The number of unbranched alkanes of at least 4 members (excludes halogenated alkanes) is 1. The van der Waals surface area contributed by atoms with E-state index in [1.165, 1.54) is 11.0 Å². The van der Waals surface area contributed by atoms with Gasteiger partial charge in [-0.25, -0.2) is 0 Å². The predicted octanol–water partition coefficient (Wildman–Crippen LogP) is 7.10. The third-order valence-corrected chi connectivity index (χ3v) is 5.25. The van der Waals surface area contributed by atoms with Crippen LogP contribution in [0, 0.1) is 0 Å². The van der Waals surface area contributed by atoms with Gasteiger partial charge in [0.25, 0.3) is 0 Å². The van der Waals surface area contributed by atoms with Gasteiger partial charge in [0, 0.05) is 12.1 Å². The lowest BCUT2D eigenvalue weighted by molar-refractivity contribution is -0.137. The average molecular weight is 441 g/mol. The average Bonchev–Trinajstić information content (AvgIpc) is 2.81. The lowest BCUT2D eigenvalue weighted by Gasteiger charge is -2.24. The van der Waals surface area contributed by atoms with E-state index in [9.17, 15) is 18.0 Å². The monoisotopic (exact) mass is 441 g/mol. The Morgan fingerprint density at radius 1 is 0.938 bits per heavy atom. The van der Waals surface area contributed by atoms with E-state index in [-0.39, 0.29) is 24.6 Å². The van der Waals surface area contributed by atoms with Gasteiger partial charge in [0.2, 0.25) is 5.91 Å². The van der Waals surface area contributed by atoms with Crippen molar-refractivity contribution in [2.24, 2.45) is 0 Å². The summed E-state index contributed by atoms with van der Waals surface area (Å²) in [6.07, 6.45) is -2.66. The van der Waals surface area contributed by atoms with E-state index in [2.05, 4.69) is 0 Å². The minimum Gasteiger partial charge on any atom is -0.497 e. The van der Waals surface area contributed by atoms with Gasteiger partial charge in [-0.15, -0.1) is 0 Å². The standard InChI is InChI=1S/C26H26F3NO2/c1-3-4-8-25(31)30(23-7-5-6-22(17-23)26(27,28)29)18-19-9-11-20(12-10-19)21-13-15-24(32-2)16-14-21/h5-7,9-17H,3-4,8,18H2,1-2H3. The summed E-state index contributed by atoms with van der Waals surface area (Å²) >= 11 is 0. The van der Waals surface area contributed by atoms with Crippen molar-refractivity contribution in [3.05, 3.63) is 83.9 Å². The van der Waals surface area contributed by atoms with Crippen LogP contribution in [-0.4, -0.2) is 13.0 Å². The molecule has 3 aromatic carbocycles. The van der Waals surface area contributed by atoms with Gasteiger partial charge in [-0.3, -0.25) is 4.79 Å². The van der Waals surface area contributed by atoms with Crippen LogP contribution in [0.3, 0.4) is 0 Å². The van der Waals surface area contributed by atoms with Crippen molar-refractivity contribution in [3.63, 3.8) is 0 Å². The molecule has 3 nitrogen and oxygen atoms in total. The van der Waals surface area contributed by atoms with E-state index >= 15 is 0 Å². The van der Waals surface area contributed by atoms with Gasteiger partial charge in [0.05, 0.1) is 19.2 Å². The van der Waals surface area contributed by atoms with E-state index in [0.29, 0.717) is 6.42 Å². The van der Waals surface area contributed by atoms with Crippen LogP contribution in [-0.2, 0) is 17.5 Å². The summed E-state index contributed by atoms with van der Waals surface area (Å²) in [7, 11) is 1.61. The van der Waals surface area contributed by atoms with Crippen LogP contribution in [0.4, 0.5) is 18.9 Å². The second-order valence-electron chi connectivity index (χ2n) is 7.56.